The molecule has 208 valence electrons. The number of amides is 2. The number of nitrogens with one attached hydrogen (secondary N) is 1. The Hall–Kier alpha value is -3.14. The van der Waals surface area contributed by atoms with E-state index in [4.69, 9.17) is 23.2 Å². The second kappa shape index (κ2) is 13.3. The molecule has 0 aliphatic carbocycles. The second-order valence-corrected chi connectivity index (χ2v) is 11.7. The van der Waals surface area contributed by atoms with Gasteiger partial charge in [-0.15, -0.1) is 0 Å². The first-order valence-electron chi connectivity index (χ1n) is 12.3. The van der Waals surface area contributed by atoms with E-state index < -0.39 is 34.3 Å². The van der Waals surface area contributed by atoms with Gasteiger partial charge in [0.2, 0.25) is 11.8 Å². The number of anilines is 1. The van der Waals surface area contributed by atoms with E-state index in [-0.39, 0.29) is 28.1 Å². The molecule has 0 spiro atoms. The molecule has 0 heterocycles. The highest BCUT2D eigenvalue weighted by Crippen LogP contribution is 2.26. The summed E-state index contributed by atoms with van der Waals surface area (Å²) in [4.78, 5) is 27.8. The summed E-state index contributed by atoms with van der Waals surface area (Å²) in [5, 5.41) is 3.40. The Bertz CT molecular complexity index is 1420. The van der Waals surface area contributed by atoms with Crippen molar-refractivity contribution in [1.82, 2.24) is 10.2 Å². The van der Waals surface area contributed by atoms with Crippen LogP contribution in [-0.2, 0) is 26.2 Å². The molecular formula is C28H30Cl2FN3O4S. The zero-order valence-corrected chi connectivity index (χ0v) is 24.2. The van der Waals surface area contributed by atoms with E-state index >= 15 is 0 Å². The molecule has 2 amide bonds. The summed E-state index contributed by atoms with van der Waals surface area (Å²) in [5.41, 5.74) is 1.75. The van der Waals surface area contributed by atoms with Crippen LogP contribution in [0.1, 0.15) is 31.4 Å². The van der Waals surface area contributed by atoms with Gasteiger partial charge in [-0.2, -0.15) is 0 Å². The Kier molecular flexibility index (Phi) is 10.4. The number of hydrogen-bond donors (Lipinski definition) is 1. The maximum atomic E-state index is 13.8. The molecule has 3 aromatic rings. The average Bonchev–Trinajstić information content (AvgIpc) is 2.91. The summed E-state index contributed by atoms with van der Waals surface area (Å²) >= 11 is 12.2. The van der Waals surface area contributed by atoms with Gasteiger partial charge in [-0.1, -0.05) is 53.9 Å². The topological polar surface area (TPSA) is 86.8 Å². The lowest BCUT2D eigenvalue weighted by atomic mass is 10.1. The molecule has 3 aromatic carbocycles. The van der Waals surface area contributed by atoms with Crippen molar-refractivity contribution in [2.45, 2.75) is 44.7 Å². The third-order valence-electron chi connectivity index (χ3n) is 6.06. The van der Waals surface area contributed by atoms with Gasteiger partial charge < -0.3 is 10.2 Å². The Morgan fingerprint density at radius 2 is 1.62 bits per heavy atom. The van der Waals surface area contributed by atoms with Crippen molar-refractivity contribution in [1.29, 1.82) is 0 Å². The fourth-order valence-corrected chi connectivity index (χ4v) is 5.52. The fraction of sp³-hybridized carbons (Fsp3) is 0.286. The number of carbonyl (C=O) groups excluding carboxylic acids is 2. The predicted molar refractivity (Wildman–Crippen MR) is 152 cm³/mol. The van der Waals surface area contributed by atoms with E-state index in [2.05, 4.69) is 5.32 Å². The minimum atomic E-state index is -4.28. The van der Waals surface area contributed by atoms with Gasteiger partial charge in [0.05, 0.1) is 20.6 Å². The van der Waals surface area contributed by atoms with Crippen LogP contribution in [0, 0.1) is 12.7 Å². The van der Waals surface area contributed by atoms with Gasteiger partial charge in [0.25, 0.3) is 10.0 Å². The summed E-state index contributed by atoms with van der Waals surface area (Å²) in [6.07, 6.45) is 0.705. The second-order valence-electron chi connectivity index (χ2n) is 9.04. The van der Waals surface area contributed by atoms with Crippen LogP contribution < -0.4 is 9.62 Å². The zero-order valence-electron chi connectivity index (χ0n) is 21.8. The van der Waals surface area contributed by atoms with Crippen molar-refractivity contribution < 1.29 is 22.4 Å². The van der Waals surface area contributed by atoms with Crippen molar-refractivity contribution in [3.05, 3.63) is 93.7 Å². The van der Waals surface area contributed by atoms with Crippen molar-refractivity contribution in [2.24, 2.45) is 0 Å². The lowest BCUT2D eigenvalue weighted by Crippen LogP contribution is -2.51. The van der Waals surface area contributed by atoms with E-state index in [9.17, 15) is 22.4 Å². The number of sulfonamides is 1. The Labute approximate surface area is 238 Å². The van der Waals surface area contributed by atoms with Crippen molar-refractivity contribution in [2.75, 3.05) is 17.4 Å². The molecule has 39 heavy (non-hydrogen) atoms. The summed E-state index contributed by atoms with van der Waals surface area (Å²) in [6.45, 7) is 5.13. The number of benzene rings is 3. The maximum Gasteiger partial charge on any atom is 0.264 e. The largest absolute Gasteiger partial charge is 0.354 e. The minimum absolute atomic E-state index is 0.0191. The SMILES string of the molecule is CCCNC(=O)[C@H](C)N(Cc1ccc(Cl)c(Cl)c1)C(=O)CN(c1ccc(C)cc1)S(=O)(=O)c1ccc(F)cc1. The van der Waals surface area contributed by atoms with Crippen molar-refractivity contribution in [3.8, 4) is 0 Å². The van der Waals surface area contributed by atoms with Crippen LogP contribution in [0.3, 0.4) is 0 Å². The third-order valence-corrected chi connectivity index (χ3v) is 8.58. The highest BCUT2D eigenvalue weighted by Gasteiger charge is 2.32. The molecule has 1 atom stereocenters. The quantitative estimate of drug-likeness (QED) is 0.314. The molecule has 11 heteroatoms. The van der Waals surface area contributed by atoms with Gasteiger partial charge in [-0.05, 0) is 74.4 Å². The summed E-state index contributed by atoms with van der Waals surface area (Å²) < 4.78 is 41.9. The minimum Gasteiger partial charge on any atom is -0.354 e. The highest BCUT2D eigenvalue weighted by molar-refractivity contribution is 7.92. The van der Waals surface area contributed by atoms with Crippen LogP contribution >= 0.6 is 23.2 Å². The van der Waals surface area contributed by atoms with Crippen LogP contribution in [0.25, 0.3) is 0 Å². The van der Waals surface area contributed by atoms with Crippen LogP contribution in [0.4, 0.5) is 10.1 Å². The number of hydrogen-bond acceptors (Lipinski definition) is 4. The van der Waals surface area contributed by atoms with Crippen molar-refractivity contribution in [3.63, 3.8) is 0 Å². The molecule has 0 saturated carbocycles. The maximum absolute atomic E-state index is 13.8. The Morgan fingerprint density at radius 3 is 2.21 bits per heavy atom. The predicted octanol–water partition coefficient (Wildman–Crippen LogP) is 5.58. The van der Waals surface area contributed by atoms with Crippen LogP contribution in [-0.4, -0.2) is 44.3 Å². The van der Waals surface area contributed by atoms with Crippen LogP contribution in [0.15, 0.2) is 71.6 Å². The first-order chi connectivity index (χ1) is 18.4. The van der Waals surface area contributed by atoms with Crippen LogP contribution in [0.5, 0.6) is 0 Å². The van der Waals surface area contributed by atoms with Gasteiger partial charge in [-0.25, -0.2) is 12.8 Å². The molecule has 0 aliphatic heterocycles. The summed E-state index contributed by atoms with van der Waals surface area (Å²) in [6, 6.07) is 14.9. The van der Waals surface area contributed by atoms with Gasteiger partial charge in [0, 0.05) is 13.1 Å². The molecule has 0 aromatic heterocycles. The number of aryl methyl sites for hydroxylation is 1. The number of nitrogens with zero attached hydrogens (tertiary/aromatic N) is 2. The smallest absolute Gasteiger partial charge is 0.264 e. The van der Waals surface area contributed by atoms with Crippen molar-refractivity contribution >= 4 is 50.7 Å². The molecule has 0 fully saturated rings. The molecule has 0 aliphatic rings. The zero-order chi connectivity index (χ0) is 28.7. The first-order valence-corrected chi connectivity index (χ1v) is 14.5. The fourth-order valence-electron chi connectivity index (χ4n) is 3.79. The first kappa shape index (κ1) is 30.4. The molecule has 0 bridgehead atoms. The monoisotopic (exact) mass is 593 g/mol. The standard InChI is InChI=1S/C28H30Cl2FN3O4S/c1-4-15-32-28(36)20(3)33(17-21-7-14-25(29)26(30)16-21)27(35)18-34(23-10-5-19(2)6-11-23)39(37,38)24-12-8-22(31)9-13-24/h5-14,16,20H,4,15,17-18H2,1-3H3,(H,32,36)/t20-/m0/s1. The average molecular weight is 595 g/mol. The molecule has 3 rings (SSSR count). The summed E-state index contributed by atoms with van der Waals surface area (Å²) in [5.74, 6) is -1.59. The van der Waals surface area contributed by atoms with Gasteiger partial charge in [0.1, 0.15) is 18.4 Å². The van der Waals surface area contributed by atoms with E-state index in [1.807, 2.05) is 13.8 Å². The lowest BCUT2D eigenvalue weighted by Gasteiger charge is -2.32. The van der Waals surface area contributed by atoms with E-state index in [1.165, 1.54) is 4.90 Å². The number of carbonyl (C=O) groups is 2. The van der Waals surface area contributed by atoms with Gasteiger partial charge in [0.15, 0.2) is 0 Å². The third kappa shape index (κ3) is 7.71. The number of rotatable bonds is 11. The molecule has 7 nitrogen and oxygen atoms in total. The molecule has 0 unspecified atom stereocenters. The van der Waals surface area contributed by atoms with E-state index in [0.717, 1.165) is 34.1 Å². The van der Waals surface area contributed by atoms with E-state index in [0.29, 0.717) is 23.6 Å². The Morgan fingerprint density at radius 1 is 0.974 bits per heavy atom. The van der Waals surface area contributed by atoms with Crippen LogP contribution in [0.2, 0.25) is 10.0 Å². The Balaban J connectivity index is 2.02. The molecule has 0 saturated heterocycles. The molecular weight excluding hydrogens is 564 g/mol. The highest BCUT2D eigenvalue weighted by atomic mass is 35.5. The van der Waals surface area contributed by atoms with Gasteiger partial charge >= 0.3 is 0 Å². The molecule has 0 radical (unpaired) electrons. The van der Waals surface area contributed by atoms with E-state index in [1.54, 1.807) is 49.4 Å². The number of halogens is 3. The molecule has 1 N–H and O–H groups in total. The normalized spacial score (nSPS) is 12.1. The van der Waals surface area contributed by atoms with Gasteiger partial charge in [-0.3, -0.25) is 13.9 Å². The summed E-state index contributed by atoms with van der Waals surface area (Å²) in [7, 11) is -4.28. The lowest BCUT2D eigenvalue weighted by molar-refractivity contribution is -0.139.